The molecule has 1 heterocycles. The fraction of sp³-hybridized carbons (Fsp3) is 0.200. The average molecular weight is 365 g/mol. The number of hydrogen-bond donors (Lipinski definition) is 2. The summed E-state index contributed by atoms with van der Waals surface area (Å²) in [6.45, 7) is 0. The van der Waals surface area contributed by atoms with Crippen molar-refractivity contribution < 1.29 is 9.59 Å². The third-order valence-corrected chi connectivity index (χ3v) is 5.22. The second-order valence-corrected chi connectivity index (χ2v) is 7.42. The second kappa shape index (κ2) is 5.61. The maximum atomic E-state index is 12.3. The first-order chi connectivity index (χ1) is 10.1. The first kappa shape index (κ1) is 14.3. The van der Waals surface area contributed by atoms with E-state index in [9.17, 15) is 9.59 Å². The van der Waals surface area contributed by atoms with Gasteiger partial charge in [-0.15, -0.1) is 11.3 Å². The smallest absolute Gasteiger partial charge is 0.272 e. The van der Waals surface area contributed by atoms with E-state index in [4.69, 9.17) is 0 Å². The van der Waals surface area contributed by atoms with E-state index in [2.05, 4.69) is 26.8 Å². The Kier molecular flexibility index (Phi) is 3.82. The van der Waals surface area contributed by atoms with E-state index in [-0.39, 0.29) is 11.8 Å². The quantitative estimate of drug-likeness (QED) is 0.822. The van der Waals surface area contributed by atoms with Crippen LogP contribution in [0.1, 0.15) is 28.1 Å². The normalized spacial score (nSPS) is 15.3. The van der Waals surface area contributed by atoms with Crippen LogP contribution in [0.25, 0.3) is 0 Å². The molecule has 2 aromatic rings. The first-order valence-corrected chi connectivity index (χ1v) is 8.14. The fourth-order valence-corrected chi connectivity index (χ4v) is 3.54. The molecule has 6 heteroatoms. The van der Waals surface area contributed by atoms with E-state index in [1.165, 1.54) is 11.3 Å². The van der Waals surface area contributed by atoms with Crippen LogP contribution in [0.15, 0.2) is 46.3 Å². The molecule has 0 radical (unpaired) electrons. The fourth-order valence-electron chi connectivity index (χ4n) is 2.26. The van der Waals surface area contributed by atoms with Crippen molar-refractivity contribution in [2.45, 2.75) is 18.3 Å². The van der Waals surface area contributed by atoms with Gasteiger partial charge >= 0.3 is 0 Å². The molecule has 2 N–H and O–H groups in total. The van der Waals surface area contributed by atoms with Gasteiger partial charge in [0.05, 0.1) is 14.1 Å². The van der Waals surface area contributed by atoms with Crippen LogP contribution in [0, 0.1) is 0 Å². The molecule has 1 aromatic heterocycles. The van der Waals surface area contributed by atoms with Crippen LogP contribution in [0.2, 0.25) is 0 Å². The zero-order valence-electron chi connectivity index (χ0n) is 11.1. The Morgan fingerprint density at radius 2 is 1.76 bits per heavy atom. The molecule has 0 spiro atoms. The lowest BCUT2D eigenvalue weighted by Crippen LogP contribution is -2.46. The van der Waals surface area contributed by atoms with Crippen LogP contribution in [0.5, 0.6) is 0 Å². The molecular weight excluding hydrogens is 352 g/mol. The Bertz CT molecular complexity index is 680. The van der Waals surface area contributed by atoms with Crippen molar-refractivity contribution in [3.63, 3.8) is 0 Å². The monoisotopic (exact) mass is 364 g/mol. The average Bonchev–Trinajstić information content (AvgIpc) is 3.21. The highest BCUT2D eigenvalue weighted by atomic mass is 79.9. The predicted molar refractivity (Wildman–Crippen MR) is 85.0 cm³/mol. The summed E-state index contributed by atoms with van der Waals surface area (Å²) in [4.78, 5) is 24.8. The number of carbonyl (C=O) groups excluding carboxylic acids is 2. The number of halogens is 1. The predicted octanol–water partition coefficient (Wildman–Crippen LogP) is 3.00. The first-order valence-electron chi connectivity index (χ1n) is 6.53. The van der Waals surface area contributed by atoms with Gasteiger partial charge in [-0.25, -0.2) is 0 Å². The number of benzene rings is 1. The lowest BCUT2D eigenvalue weighted by molar-refractivity contribution is -0.124. The van der Waals surface area contributed by atoms with Crippen molar-refractivity contribution in [2.24, 2.45) is 0 Å². The molecule has 0 atom stereocenters. The zero-order chi connectivity index (χ0) is 14.9. The Labute approximate surface area is 134 Å². The van der Waals surface area contributed by atoms with Crippen molar-refractivity contribution >= 4 is 39.1 Å². The van der Waals surface area contributed by atoms with Gasteiger partial charge in [-0.2, -0.15) is 0 Å². The summed E-state index contributed by atoms with van der Waals surface area (Å²) < 4.78 is 0.877. The highest BCUT2D eigenvalue weighted by Gasteiger charge is 2.51. The molecule has 1 aliphatic rings. The molecule has 4 nitrogen and oxygen atoms in total. The van der Waals surface area contributed by atoms with E-state index in [0.29, 0.717) is 4.88 Å². The number of amides is 2. The lowest BCUT2D eigenvalue weighted by atomic mass is 9.95. The maximum Gasteiger partial charge on any atom is 0.279 e. The highest BCUT2D eigenvalue weighted by molar-refractivity contribution is 9.11. The van der Waals surface area contributed by atoms with Gasteiger partial charge in [-0.1, -0.05) is 30.3 Å². The summed E-state index contributed by atoms with van der Waals surface area (Å²) in [5, 5.41) is 0. The summed E-state index contributed by atoms with van der Waals surface area (Å²) >= 11 is 4.62. The van der Waals surface area contributed by atoms with E-state index < -0.39 is 5.41 Å². The summed E-state index contributed by atoms with van der Waals surface area (Å²) in [5.41, 5.74) is 5.54. The summed E-state index contributed by atoms with van der Waals surface area (Å²) in [6, 6.07) is 13.2. The van der Waals surface area contributed by atoms with Crippen LogP contribution in [0.3, 0.4) is 0 Å². The highest BCUT2D eigenvalue weighted by Crippen LogP contribution is 2.48. The Balaban J connectivity index is 1.64. The molecule has 3 rings (SSSR count). The van der Waals surface area contributed by atoms with Crippen molar-refractivity contribution in [1.82, 2.24) is 10.9 Å². The van der Waals surface area contributed by atoms with Crippen LogP contribution in [-0.4, -0.2) is 11.8 Å². The van der Waals surface area contributed by atoms with E-state index >= 15 is 0 Å². The van der Waals surface area contributed by atoms with Crippen LogP contribution >= 0.6 is 27.3 Å². The minimum Gasteiger partial charge on any atom is -0.272 e. The van der Waals surface area contributed by atoms with Gasteiger partial charge in [0.1, 0.15) is 0 Å². The van der Waals surface area contributed by atoms with E-state index in [1.807, 2.05) is 30.3 Å². The Morgan fingerprint density at radius 1 is 1.05 bits per heavy atom. The minimum atomic E-state index is -0.482. The van der Waals surface area contributed by atoms with E-state index in [0.717, 1.165) is 22.2 Å². The molecule has 1 aliphatic carbocycles. The van der Waals surface area contributed by atoms with E-state index in [1.54, 1.807) is 12.1 Å². The van der Waals surface area contributed by atoms with Gasteiger partial charge in [-0.05, 0) is 46.5 Å². The molecule has 21 heavy (non-hydrogen) atoms. The van der Waals surface area contributed by atoms with Gasteiger partial charge in [-0.3, -0.25) is 20.4 Å². The molecule has 0 aliphatic heterocycles. The van der Waals surface area contributed by atoms with Crippen molar-refractivity contribution in [3.05, 3.63) is 56.7 Å². The molecule has 1 aromatic carbocycles. The molecule has 1 saturated carbocycles. The van der Waals surface area contributed by atoms with Gasteiger partial charge in [0.15, 0.2) is 0 Å². The van der Waals surface area contributed by atoms with Crippen molar-refractivity contribution in [3.8, 4) is 0 Å². The van der Waals surface area contributed by atoms with Crippen LogP contribution in [-0.2, 0) is 10.2 Å². The van der Waals surface area contributed by atoms with Gasteiger partial charge in [0.25, 0.3) is 5.91 Å². The van der Waals surface area contributed by atoms with Crippen LogP contribution in [0.4, 0.5) is 0 Å². The van der Waals surface area contributed by atoms with Gasteiger partial charge < -0.3 is 0 Å². The lowest BCUT2D eigenvalue weighted by Gasteiger charge is -2.15. The minimum absolute atomic E-state index is 0.155. The molecule has 2 amide bonds. The Morgan fingerprint density at radius 3 is 2.33 bits per heavy atom. The summed E-state index contributed by atoms with van der Waals surface area (Å²) in [6.07, 6.45) is 1.62. The number of nitrogens with one attached hydrogen (secondary N) is 2. The van der Waals surface area contributed by atoms with Crippen LogP contribution < -0.4 is 10.9 Å². The SMILES string of the molecule is O=C(NNC(=O)C1(c2ccccc2)CC1)c1ccc(Br)s1. The molecule has 1 fully saturated rings. The molecular formula is C15H13BrN2O2S. The third-order valence-electron chi connectivity index (χ3n) is 3.60. The topological polar surface area (TPSA) is 58.2 Å². The molecule has 0 unspecified atom stereocenters. The summed E-state index contributed by atoms with van der Waals surface area (Å²) in [7, 11) is 0. The third kappa shape index (κ3) is 2.87. The molecule has 0 bridgehead atoms. The largest absolute Gasteiger partial charge is 0.279 e. The maximum absolute atomic E-state index is 12.3. The second-order valence-electron chi connectivity index (χ2n) is 4.96. The molecule has 108 valence electrons. The molecule has 0 saturated heterocycles. The van der Waals surface area contributed by atoms with Gasteiger partial charge in [0.2, 0.25) is 5.91 Å². The van der Waals surface area contributed by atoms with Crippen molar-refractivity contribution in [1.29, 1.82) is 0 Å². The number of rotatable bonds is 3. The standard InChI is InChI=1S/C15H13BrN2O2S/c16-12-7-6-11(21-12)13(19)17-18-14(20)15(8-9-15)10-4-2-1-3-5-10/h1-7H,8-9H2,(H,17,19)(H,18,20). The zero-order valence-corrected chi connectivity index (χ0v) is 13.5. The van der Waals surface area contributed by atoms with Crippen molar-refractivity contribution in [2.75, 3.05) is 0 Å². The van der Waals surface area contributed by atoms with Gasteiger partial charge in [0, 0.05) is 0 Å². The Hall–Kier alpha value is -1.66. The number of hydrazine groups is 1. The number of hydrogen-bond acceptors (Lipinski definition) is 3. The number of carbonyl (C=O) groups is 2. The number of thiophene rings is 1. The summed E-state index contributed by atoms with van der Waals surface area (Å²) in [5.74, 6) is -0.458.